The SMILES string of the molecule is COc1cccc(CC(O)C2CCC(C)(C)CC2)c1F. The van der Waals surface area contributed by atoms with E-state index in [0.29, 0.717) is 17.4 Å². The Morgan fingerprint density at radius 1 is 1.35 bits per heavy atom. The molecule has 1 N–H and O–H groups in total. The Morgan fingerprint density at radius 2 is 2.00 bits per heavy atom. The van der Waals surface area contributed by atoms with Crippen molar-refractivity contribution in [3.05, 3.63) is 29.6 Å². The summed E-state index contributed by atoms with van der Waals surface area (Å²) in [5.74, 6) is 0.193. The van der Waals surface area contributed by atoms with Crippen LogP contribution in [0.2, 0.25) is 0 Å². The van der Waals surface area contributed by atoms with Crippen molar-refractivity contribution in [2.24, 2.45) is 11.3 Å². The van der Waals surface area contributed by atoms with Crippen molar-refractivity contribution in [1.82, 2.24) is 0 Å². The van der Waals surface area contributed by atoms with Gasteiger partial charge in [0.15, 0.2) is 11.6 Å². The number of hydrogen-bond acceptors (Lipinski definition) is 2. The third kappa shape index (κ3) is 3.51. The molecule has 0 bridgehead atoms. The van der Waals surface area contributed by atoms with Gasteiger partial charge in [-0.3, -0.25) is 0 Å². The summed E-state index contributed by atoms with van der Waals surface area (Å²) in [6, 6.07) is 5.11. The Hall–Kier alpha value is -1.09. The van der Waals surface area contributed by atoms with Gasteiger partial charge in [-0.25, -0.2) is 4.39 Å². The van der Waals surface area contributed by atoms with Crippen LogP contribution >= 0.6 is 0 Å². The number of ether oxygens (including phenoxy) is 1. The zero-order chi connectivity index (χ0) is 14.8. The molecule has 1 fully saturated rings. The molecule has 2 rings (SSSR count). The van der Waals surface area contributed by atoms with E-state index in [9.17, 15) is 9.50 Å². The van der Waals surface area contributed by atoms with Crippen LogP contribution in [0.25, 0.3) is 0 Å². The molecule has 1 saturated carbocycles. The predicted octanol–water partition coefficient (Wildman–Crippen LogP) is 3.95. The lowest BCUT2D eigenvalue weighted by Crippen LogP contribution is -2.30. The van der Waals surface area contributed by atoms with E-state index in [-0.39, 0.29) is 17.5 Å². The lowest BCUT2D eigenvalue weighted by Gasteiger charge is -2.36. The average molecular weight is 280 g/mol. The average Bonchev–Trinajstić information content (AvgIpc) is 2.41. The summed E-state index contributed by atoms with van der Waals surface area (Å²) in [7, 11) is 1.46. The van der Waals surface area contributed by atoms with Gasteiger partial charge in [0.25, 0.3) is 0 Å². The molecule has 1 aromatic rings. The maximum Gasteiger partial charge on any atom is 0.168 e. The van der Waals surface area contributed by atoms with Crippen molar-refractivity contribution in [2.75, 3.05) is 7.11 Å². The highest BCUT2D eigenvalue weighted by molar-refractivity contribution is 5.31. The summed E-state index contributed by atoms with van der Waals surface area (Å²) in [4.78, 5) is 0. The van der Waals surface area contributed by atoms with Crippen LogP contribution in [0.5, 0.6) is 5.75 Å². The highest BCUT2D eigenvalue weighted by Gasteiger charge is 2.31. The maximum atomic E-state index is 14.1. The number of aliphatic hydroxyl groups is 1. The zero-order valence-electron chi connectivity index (χ0n) is 12.7. The monoisotopic (exact) mass is 280 g/mol. The van der Waals surface area contributed by atoms with Crippen LogP contribution in [-0.4, -0.2) is 18.3 Å². The molecule has 0 saturated heterocycles. The van der Waals surface area contributed by atoms with Crippen LogP contribution in [0.1, 0.15) is 45.1 Å². The molecule has 0 aliphatic heterocycles. The Kier molecular flexibility index (Phi) is 4.69. The van der Waals surface area contributed by atoms with Crippen LogP contribution in [0, 0.1) is 17.2 Å². The van der Waals surface area contributed by atoms with Gasteiger partial charge in [0.2, 0.25) is 0 Å². The predicted molar refractivity (Wildman–Crippen MR) is 78.4 cm³/mol. The number of aliphatic hydroxyl groups excluding tert-OH is 1. The van der Waals surface area contributed by atoms with Crippen molar-refractivity contribution < 1.29 is 14.2 Å². The molecule has 1 atom stereocenters. The normalized spacial score (nSPS) is 20.6. The third-order valence-corrected chi connectivity index (χ3v) is 4.62. The quantitative estimate of drug-likeness (QED) is 0.904. The van der Waals surface area contributed by atoms with Crippen LogP contribution in [0.15, 0.2) is 18.2 Å². The molecule has 0 aromatic heterocycles. The molecule has 3 heteroatoms. The Labute approximate surface area is 121 Å². The Balaban J connectivity index is 2.00. The lowest BCUT2D eigenvalue weighted by atomic mass is 9.71. The number of rotatable bonds is 4. The molecular formula is C17H25FO2. The van der Waals surface area contributed by atoms with Crippen LogP contribution in [-0.2, 0) is 6.42 Å². The lowest BCUT2D eigenvalue weighted by molar-refractivity contribution is 0.0570. The summed E-state index contributed by atoms with van der Waals surface area (Å²) >= 11 is 0. The third-order valence-electron chi connectivity index (χ3n) is 4.62. The summed E-state index contributed by atoms with van der Waals surface area (Å²) in [5.41, 5.74) is 0.930. The first-order valence-electron chi connectivity index (χ1n) is 7.42. The van der Waals surface area contributed by atoms with Gasteiger partial charge in [0.1, 0.15) is 0 Å². The number of halogens is 1. The molecule has 2 nitrogen and oxygen atoms in total. The molecule has 1 aliphatic rings. The maximum absolute atomic E-state index is 14.1. The smallest absolute Gasteiger partial charge is 0.168 e. The largest absolute Gasteiger partial charge is 0.494 e. The molecule has 0 spiro atoms. The van der Waals surface area contributed by atoms with E-state index in [4.69, 9.17) is 4.74 Å². The molecule has 0 amide bonds. The summed E-state index contributed by atoms with van der Waals surface area (Å²) < 4.78 is 19.1. The first-order chi connectivity index (χ1) is 9.43. The van der Waals surface area contributed by atoms with Gasteiger partial charge in [0.05, 0.1) is 13.2 Å². The molecular weight excluding hydrogens is 255 g/mol. The second-order valence-corrected chi connectivity index (χ2v) is 6.71. The van der Waals surface area contributed by atoms with E-state index in [1.165, 1.54) is 7.11 Å². The van der Waals surface area contributed by atoms with Crippen LogP contribution in [0.3, 0.4) is 0 Å². The van der Waals surface area contributed by atoms with E-state index >= 15 is 0 Å². The molecule has 20 heavy (non-hydrogen) atoms. The van der Waals surface area contributed by atoms with Gasteiger partial charge in [0, 0.05) is 6.42 Å². The zero-order valence-corrected chi connectivity index (χ0v) is 12.7. The molecule has 1 unspecified atom stereocenters. The number of benzene rings is 1. The van der Waals surface area contributed by atoms with Gasteiger partial charge in [-0.05, 0) is 48.6 Å². The standard InChI is InChI=1S/C17H25FO2/c1-17(2)9-7-12(8-10-17)14(19)11-13-5-4-6-15(20-3)16(13)18/h4-6,12,14,19H,7-11H2,1-3H3. The fourth-order valence-electron chi connectivity index (χ4n) is 3.07. The highest BCUT2D eigenvalue weighted by Crippen LogP contribution is 2.39. The van der Waals surface area contributed by atoms with E-state index in [2.05, 4.69) is 13.8 Å². The number of methoxy groups -OCH3 is 1. The van der Waals surface area contributed by atoms with Crippen molar-refractivity contribution in [2.45, 2.75) is 52.1 Å². The van der Waals surface area contributed by atoms with Gasteiger partial charge >= 0.3 is 0 Å². The van der Waals surface area contributed by atoms with Crippen LogP contribution < -0.4 is 4.74 Å². The minimum Gasteiger partial charge on any atom is -0.494 e. The van der Waals surface area contributed by atoms with E-state index < -0.39 is 6.10 Å². The van der Waals surface area contributed by atoms with Gasteiger partial charge in [-0.1, -0.05) is 26.0 Å². The molecule has 0 heterocycles. The Morgan fingerprint density at radius 3 is 2.60 bits per heavy atom. The summed E-state index contributed by atoms with van der Waals surface area (Å²) in [6.07, 6.45) is 4.23. The first-order valence-corrected chi connectivity index (χ1v) is 7.42. The molecule has 1 aromatic carbocycles. The minimum absolute atomic E-state index is 0.250. The van der Waals surface area contributed by atoms with Gasteiger partial charge in [-0.2, -0.15) is 0 Å². The molecule has 112 valence electrons. The van der Waals surface area contributed by atoms with Crippen LogP contribution in [0.4, 0.5) is 4.39 Å². The summed E-state index contributed by atoms with van der Waals surface area (Å²) in [6.45, 7) is 4.55. The fraction of sp³-hybridized carbons (Fsp3) is 0.647. The van der Waals surface area contributed by atoms with Crippen molar-refractivity contribution in [3.8, 4) is 5.75 Å². The van der Waals surface area contributed by atoms with Crippen molar-refractivity contribution in [3.63, 3.8) is 0 Å². The summed E-state index contributed by atoms with van der Waals surface area (Å²) in [5, 5.41) is 10.4. The highest BCUT2D eigenvalue weighted by atomic mass is 19.1. The van der Waals surface area contributed by atoms with E-state index in [1.54, 1.807) is 18.2 Å². The second kappa shape index (κ2) is 6.13. The fourth-order valence-corrected chi connectivity index (χ4v) is 3.07. The Bertz CT molecular complexity index is 446. The molecule has 0 radical (unpaired) electrons. The topological polar surface area (TPSA) is 29.5 Å². The second-order valence-electron chi connectivity index (χ2n) is 6.71. The van der Waals surface area contributed by atoms with E-state index in [0.717, 1.165) is 25.7 Å². The van der Waals surface area contributed by atoms with Crippen molar-refractivity contribution in [1.29, 1.82) is 0 Å². The number of hydrogen-bond donors (Lipinski definition) is 1. The molecule has 1 aliphatic carbocycles. The van der Waals surface area contributed by atoms with E-state index in [1.807, 2.05) is 0 Å². The first kappa shape index (κ1) is 15.3. The van der Waals surface area contributed by atoms with Crippen molar-refractivity contribution >= 4 is 0 Å². The van der Waals surface area contributed by atoms with Gasteiger partial charge in [-0.15, -0.1) is 0 Å². The van der Waals surface area contributed by atoms with Gasteiger partial charge < -0.3 is 9.84 Å². The minimum atomic E-state index is -0.465.